The average Bonchev–Trinajstić information content (AvgIpc) is 2.58. The molecule has 0 fully saturated rings. The van der Waals surface area contributed by atoms with Gasteiger partial charge in [-0.3, -0.25) is 14.9 Å². The van der Waals surface area contributed by atoms with Crippen LogP contribution < -0.4 is 5.43 Å². The molecule has 0 spiro atoms. The highest BCUT2D eigenvalue weighted by Crippen LogP contribution is 2.25. The van der Waals surface area contributed by atoms with Gasteiger partial charge in [-0.05, 0) is 37.3 Å². The predicted octanol–water partition coefficient (Wildman–Crippen LogP) is 3.58. The van der Waals surface area contributed by atoms with Crippen molar-refractivity contribution >= 4 is 41.2 Å². The standard InChI is InChI=1S/C16H14ClN3O4S/c1-10(25-14-5-2-12(17)3-6-14)16(22)19-18-9-11-8-13(20(23)24)4-7-15(11)21/h2-10,21H,1H3,(H,19,22)/b18-9-/t10-/m1/s1. The second kappa shape index (κ2) is 8.50. The molecule has 2 aromatic carbocycles. The summed E-state index contributed by atoms with van der Waals surface area (Å²) in [4.78, 5) is 23.0. The highest BCUT2D eigenvalue weighted by atomic mass is 35.5. The molecule has 2 aromatic rings. The Morgan fingerprint density at radius 3 is 2.68 bits per heavy atom. The molecular formula is C16H14ClN3O4S. The molecule has 0 saturated carbocycles. The van der Waals surface area contributed by atoms with Crippen LogP contribution >= 0.6 is 23.4 Å². The molecule has 1 amide bonds. The first-order valence-corrected chi connectivity index (χ1v) is 8.35. The monoisotopic (exact) mass is 379 g/mol. The summed E-state index contributed by atoms with van der Waals surface area (Å²) in [6.07, 6.45) is 1.15. The highest BCUT2D eigenvalue weighted by Gasteiger charge is 2.14. The number of rotatable bonds is 6. The summed E-state index contributed by atoms with van der Waals surface area (Å²) >= 11 is 7.14. The molecule has 1 atom stereocenters. The van der Waals surface area contributed by atoms with Gasteiger partial charge in [0.2, 0.25) is 0 Å². The van der Waals surface area contributed by atoms with E-state index in [4.69, 9.17) is 11.6 Å². The lowest BCUT2D eigenvalue weighted by Crippen LogP contribution is -2.26. The Labute approximate surface area is 152 Å². The number of thioether (sulfide) groups is 1. The number of halogens is 1. The number of carbonyl (C=O) groups excluding carboxylic acids is 1. The van der Waals surface area contributed by atoms with Crippen molar-refractivity contribution in [3.05, 3.63) is 63.2 Å². The third-order valence-electron chi connectivity index (χ3n) is 3.10. The molecule has 130 valence electrons. The van der Waals surface area contributed by atoms with Gasteiger partial charge in [0.25, 0.3) is 11.6 Å². The zero-order valence-electron chi connectivity index (χ0n) is 13.0. The van der Waals surface area contributed by atoms with Crippen LogP contribution in [0.15, 0.2) is 52.5 Å². The normalized spacial score (nSPS) is 12.1. The number of aromatic hydroxyl groups is 1. The highest BCUT2D eigenvalue weighted by molar-refractivity contribution is 8.00. The second-order valence-electron chi connectivity index (χ2n) is 4.95. The van der Waals surface area contributed by atoms with Gasteiger partial charge in [0.15, 0.2) is 0 Å². The van der Waals surface area contributed by atoms with Gasteiger partial charge in [-0.2, -0.15) is 5.10 Å². The topological polar surface area (TPSA) is 105 Å². The Balaban J connectivity index is 1.96. The molecule has 2 rings (SSSR count). The van der Waals surface area contributed by atoms with Crippen molar-refractivity contribution < 1.29 is 14.8 Å². The van der Waals surface area contributed by atoms with Gasteiger partial charge in [-0.25, -0.2) is 5.43 Å². The molecule has 0 aromatic heterocycles. The van der Waals surface area contributed by atoms with Crippen molar-refractivity contribution in [1.29, 1.82) is 0 Å². The quantitative estimate of drug-likeness (QED) is 0.345. The van der Waals surface area contributed by atoms with E-state index in [0.717, 1.165) is 17.2 Å². The molecule has 0 bridgehead atoms. The summed E-state index contributed by atoms with van der Waals surface area (Å²) in [6.45, 7) is 1.72. The number of nitrogens with one attached hydrogen (secondary N) is 1. The number of hydrazone groups is 1. The Kier molecular flexibility index (Phi) is 6.37. The molecule has 2 N–H and O–H groups in total. The smallest absolute Gasteiger partial charge is 0.270 e. The summed E-state index contributed by atoms with van der Waals surface area (Å²) < 4.78 is 0. The van der Waals surface area contributed by atoms with Crippen LogP contribution in [0.4, 0.5) is 5.69 Å². The van der Waals surface area contributed by atoms with Crippen LogP contribution in [0.5, 0.6) is 5.75 Å². The van der Waals surface area contributed by atoms with E-state index in [1.165, 1.54) is 23.9 Å². The zero-order chi connectivity index (χ0) is 18.4. The molecule has 0 unspecified atom stereocenters. The maximum Gasteiger partial charge on any atom is 0.270 e. The number of nitrogens with zero attached hydrogens (tertiary/aromatic N) is 2. The summed E-state index contributed by atoms with van der Waals surface area (Å²) in [6, 6.07) is 10.6. The minimum absolute atomic E-state index is 0.132. The van der Waals surface area contributed by atoms with Crippen molar-refractivity contribution in [2.75, 3.05) is 0 Å². The van der Waals surface area contributed by atoms with Gasteiger partial charge >= 0.3 is 0 Å². The third-order valence-corrected chi connectivity index (χ3v) is 4.46. The van der Waals surface area contributed by atoms with Gasteiger partial charge in [0, 0.05) is 27.6 Å². The first kappa shape index (κ1) is 18.8. The van der Waals surface area contributed by atoms with Gasteiger partial charge < -0.3 is 5.11 Å². The van der Waals surface area contributed by atoms with Crippen LogP contribution in [0.2, 0.25) is 5.02 Å². The van der Waals surface area contributed by atoms with E-state index in [0.29, 0.717) is 5.02 Å². The van der Waals surface area contributed by atoms with E-state index in [1.807, 2.05) is 0 Å². The minimum atomic E-state index is -0.583. The van der Waals surface area contributed by atoms with E-state index in [-0.39, 0.29) is 22.9 Å². The average molecular weight is 380 g/mol. The number of phenols is 1. The fourth-order valence-electron chi connectivity index (χ4n) is 1.79. The lowest BCUT2D eigenvalue weighted by molar-refractivity contribution is -0.384. The number of non-ortho nitro benzene ring substituents is 1. The third kappa shape index (κ3) is 5.47. The molecule has 25 heavy (non-hydrogen) atoms. The molecule has 9 heteroatoms. The van der Waals surface area contributed by atoms with Crippen molar-refractivity contribution in [3.63, 3.8) is 0 Å². The van der Waals surface area contributed by atoms with Crippen LogP contribution in [0.1, 0.15) is 12.5 Å². The number of hydrogen-bond donors (Lipinski definition) is 2. The maximum absolute atomic E-state index is 12.0. The Bertz CT molecular complexity index is 812. The molecule has 0 aliphatic heterocycles. The lowest BCUT2D eigenvalue weighted by Gasteiger charge is -2.09. The van der Waals surface area contributed by atoms with Gasteiger partial charge in [-0.1, -0.05) is 11.6 Å². The van der Waals surface area contributed by atoms with Crippen molar-refractivity contribution in [1.82, 2.24) is 5.43 Å². The van der Waals surface area contributed by atoms with E-state index < -0.39 is 10.2 Å². The molecule has 0 radical (unpaired) electrons. The van der Waals surface area contributed by atoms with Crippen molar-refractivity contribution in [2.45, 2.75) is 17.1 Å². The van der Waals surface area contributed by atoms with Gasteiger partial charge in [-0.15, -0.1) is 11.8 Å². The first-order valence-electron chi connectivity index (χ1n) is 7.09. The molecule has 0 aliphatic rings. The Morgan fingerprint density at radius 1 is 1.36 bits per heavy atom. The van der Waals surface area contributed by atoms with Crippen molar-refractivity contribution in [3.8, 4) is 5.75 Å². The van der Waals surface area contributed by atoms with Crippen LogP contribution in [0.3, 0.4) is 0 Å². The largest absolute Gasteiger partial charge is 0.507 e. The fourth-order valence-corrected chi connectivity index (χ4v) is 2.77. The number of hydrogen-bond acceptors (Lipinski definition) is 6. The fraction of sp³-hybridized carbons (Fsp3) is 0.125. The Hall–Kier alpha value is -2.58. The first-order chi connectivity index (χ1) is 11.9. The van der Waals surface area contributed by atoms with E-state index >= 15 is 0 Å². The predicted molar refractivity (Wildman–Crippen MR) is 97.3 cm³/mol. The maximum atomic E-state index is 12.0. The van der Waals surface area contributed by atoms with Gasteiger partial charge in [0.05, 0.1) is 16.4 Å². The molecular weight excluding hydrogens is 366 g/mol. The summed E-state index contributed by atoms with van der Waals surface area (Å²) in [7, 11) is 0. The second-order valence-corrected chi connectivity index (χ2v) is 6.80. The Morgan fingerprint density at radius 2 is 2.04 bits per heavy atom. The number of nitro groups is 1. The van der Waals surface area contributed by atoms with Gasteiger partial charge in [0.1, 0.15) is 5.75 Å². The summed E-state index contributed by atoms with van der Waals surface area (Å²) in [5.74, 6) is -0.520. The minimum Gasteiger partial charge on any atom is -0.507 e. The van der Waals surface area contributed by atoms with Crippen LogP contribution in [-0.4, -0.2) is 27.4 Å². The van der Waals surface area contributed by atoms with Crippen LogP contribution in [0, 0.1) is 10.1 Å². The molecule has 0 aliphatic carbocycles. The van der Waals surface area contributed by atoms with E-state index in [9.17, 15) is 20.0 Å². The van der Waals surface area contributed by atoms with E-state index in [1.54, 1.807) is 31.2 Å². The van der Waals surface area contributed by atoms with Crippen LogP contribution in [0.25, 0.3) is 0 Å². The van der Waals surface area contributed by atoms with E-state index in [2.05, 4.69) is 10.5 Å². The molecule has 0 saturated heterocycles. The molecule has 7 nitrogen and oxygen atoms in total. The number of carbonyl (C=O) groups is 1. The zero-order valence-corrected chi connectivity index (χ0v) is 14.6. The number of phenolic OH excluding ortho intramolecular Hbond substituents is 1. The summed E-state index contributed by atoms with van der Waals surface area (Å²) in [5, 5.41) is 24.3. The number of nitro benzene ring substituents is 1. The van der Waals surface area contributed by atoms with Crippen LogP contribution in [-0.2, 0) is 4.79 Å². The lowest BCUT2D eigenvalue weighted by atomic mass is 10.2. The number of benzene rings is 2. The number of amides is 1. The van der Waals surface area contributed by atoms with Crippen molar-refractivity contribution in [2.24, 2.45) is 5.10 Å². The molecule has 0 heterocycles. The SMILES string of the molecule is C[C@@H](Sc1ccc(Cl)cc1)C(=O)N/N=C\c1cc([N+](=O)[O-])ccc1O. The summed E-state index contributed by atoms with van der Waals surface area (Å²) in [5.41, 5.74) is 2.29.